The molecule has 148 heavy (non-hydrogen) atoms. The Labute approximate surface area is 915 Å². The molecule has 0 aliphatic heterocycles. The van der Waals surface area contributed by atoms with Crippen LogP contribution in [0.15, 0.2) is 419 Å². The summed E-state index contributed by atoms with van der Waals surface area (Å²) in [6.07, 6.45) is 16.3. The van der Waals surface area contributed by atoms with Gasteiger partial charge in [-0.05, 0) is 207 Å². The van der Waals surface area contributed by atoms with Gasteiger partial charge in [0, 0.05) is 101 Å². The second kappa shape index (κ2) is 44.0. The van der Waals surface area contributed by atoms with Crippen LogP contribution in [0.5, 0.6) is 0 Å². The first-order valence-electron chi connectivity index (χ1n) is 49.5. The molecule has 1 aliphatic rings. The van der Waals surface area contributed by atoms with E-state index in [-0.39, 0.29) is 60.3 Å². The van der Waals surface area contributed by atoms with Crippen molar-refractivity contribution in [3.8, 4) is 33.8 Å². The minimum Gasteiger partial charge on any atom is -0.299 e. The van der Waals surface area contributed by atoms with Crippen molar-refractivity contribution < 1.29 is 60.3 Å². The van der Waals surface area contributed by atoms with E-state index in [1.54, 1.807) is 22.7 Å². The van der Waals surface area contributed by atoms with E-state index in [1.165, 1.54) is 67.6 Å². The third-order valence-electron chi connectivity index (χ3n) is 29.7. The number of rotatable bonds is 22. The van der Waals surface area contributed by atoms with Gasteiger partial charge in [-0.2, -0.15) is 182 Å². The molecule has 1 aliphatic carbocycles. The molecule has 0 radical (unpaired) electrons. The summed E-state index contributed by atoms with van der Waals surface area (Å²) in [4.78, 5) is 46.0. The fourth-order valence-electron chi connectivity index (χ4n) is 21.4. The van der Waals surface area contributed by atoms with Gasteiger partial charge < -0.3 is 0 Å². The van der Waals surface area contributed by atoms with Crippen molar-refractivity contribution in [3.63, 3.8) is 0 Å². The van der Waals surface area contributed by atoms with Crippen molar-refractivity contribution >= 4 is 73.8 Å². The number of aromatic nitrogens is 9. The zero-order valence-corrected chi connectivity index (χ0v) is 91.9. The molecule has 3 unspecified atom stereocenters. The summed E-state index contributed by atoms with van der Waals surface area (Å²) in [7, 11) is 0. The molecule has 12 aromatic carbocycles. The SMILES string of the molecule is CC(c1[c-]cccc1)(c1[c-]c(-c2nc([C@](C)(c3[c-]cccc3)c3ccccn3)cc3c2sc2ccccc23)ccc1)c1ccccn1.Cc1cc(-c2nc([C@](C)(c3[c-]cccc3)c3ccccn3)cc3c2sc2ccccc23)[c-]c(C(C)(c2[c-]cccc2)c2ccccn2)c1.Cc1cc(-c2nc([C@](C)(c3[c-]cccc3)c3ccccn3)cc3cc(C4CCCC4)ccc23)[c-]c(C(C)(c2[c-]cccc2)c2ccccn2)c1.[Ir+3].[Ir+3].[Ir+3]. The van der Waals surface area contributed by atoms with Gasteiger partial charge in [0.25, 0.3) is 0 Å². The van der Waals surface area contributed by atoms with E-state index in [1.807, 2.05) is 171 Å². The van der Waals surface area contributed by atoms with Crippen LogP contribution in [0.4, 0.5) is 0 Å². The molecule has 1 fully saturated rings. The Morgan fingerprint density at radius 1 is 0.243 bits per heavy atom. The average Bonchev–Trinajstić information content (AvgIpc) is 1.44. The van der Waals surface area contributed by atoms with Crippen LogP contribution >= 0.6 is 22.7 Å². The zero-order chi connectivity index (χ0) is 98.7. The maximum absolute atomic E-state index is 5.62. The van der Waals surface area contributed by atoms with Crippen molar-refractivity contribution in [2.45, 2.75) is 119 Å². The number of hydrogen-bond donors (Lipinski definition) is 0. The first kappa shape index (κ1) is 102. The van der Waals surface area contributed by atoms with E-state index in [9.17, 15) is 0 Å². The van der Waals surface area contributed by atoms with Gasteiger partial charge in [0.15, 0.2) is 0 Å². The van der Waals surface area contributed by atoms with Crippen molar-refractivity contribution in [2.24, 2.45) is 0 Å². The van der Waals surface area contributed by atoms with Crippen LogP contribution in [-0.2, 0) is 92.8 Å². The molecule has 23 aromatic rings. The van der Waals surface area contributed by atoms with Crippen LogP contribution in [-0.4, -0.2) is 44.9 Å². The minimum atomic E-state index is -0.664. The second-order valence-corrected chi connectivity index (χ2v) is 40.7. The Hall–Kier alpha value is -14.4. The summed E-state index contributed by atoms with van der Waals surface area (Å²) in [6, 6.07) is 165. The van der Waals surface area contributed by atoms with Crippen molar-refractivity contribution in [1.82, 2.24) is 44.9 Å². The summed E-state index contributed by atoms with van der Waals surface area (Å²) < 4.78 is 4.72. The van der Waals surface area contributed by atoms with Crippen LogP contribution < -0.4 is 0 Å². The van der Waals surface area contributed by atoms with Gasteiger partial charge in [-0.25, -0.2) is 0 Å². The molecule has 9 nitrogen and oxygen atoms in total. The topological polar surface area (TPSA) is 116 Å². The number of benzene rings is 12. The Bertz CT molecular complexity index is 8300. The monoisotopic (exact) mass is 2480 g/mol. The van der Waals surface area contributed by atoms with Gasteiger partial charge in [0.2, 0.25) is 0 Å². The molecule has 0 saturated heterocycles. The number of nitrogens with zero attached hydrogens (tertiary/aromatic N) is 9. The van der Waals surface area contributed by atoms with E-state index in [0.717, 1.165) is 161 Å². The molecule has 722 valence electrons. The minimum absolute atomic E-state index is 0. The first-order valence-corrected chi connectivity index (χ1v) is 51.2. The van der Waals surface area contributed by atoms with E-state index < -0.39 is 32.5 Å². The molecule has 0 bridgehead atoms. The molecule has 11 heterocycles. The molecule has 11 aromatic heterocycles. The summed E-state index contributed by atoms with van der Waals surface area (Å²) in [5.74, 6) is 0.599. The Balaban J connectivity index is 0.000000138. The Morgan fingerprint density at radius 2 is 0.547 bits per heavy atom. The van der Waals surface area contributed by atoms with E-state index in [4.69, 9.17) is 44.9 Å². The number of thiophene rings is 2. The van der Waals surface area contributed by atoms with Crippen LogP contribution in [0.3, 0.4) is 0 Å². The third-order valence-corrected chi connectivity index (χ3v) is 32.1. The zero-order valence-electron chi connectivity index (χ0n) is 83.1. The third kappa shape index (κ3) is 19.2. The van der Waals surface area contributed by atoms with Crippen LogP contribution in [0.25, 0.3) is 84.9 Å². The Kier molecular flexibility index (Phi) is 30.4. The first-order chi connectivity index (χ1) is 71.0. The van der Waals surface area contributed by atoms with Gasteiger partial charge in [-0.1, -0.05) is 118 Å². The largest absolute Gasteiger partial charge is 3.00 e. The van der Waals surface area contributed by atoms with Crippen molar-refractivity contribution in [3.05, 3.63) is 592 Å². The van der Waals surface area contributed by atoms with Crippen LogP contribution in [0, 0.1) is 68.4 Å². The fraction of sp³-hybridized carbons (Fsp3) is 0.142. The standard InChI is InChI=1S/C47H40N3.C44H32N3S.C43H30N3S.3Ir/c1-33-28-37(31-40(29-33)46(2,38-18-6-4-7-19-38)42-22-12-14-26-48-42)45-41-25-24-35(34-16-10-11-17-34)30-36(41)32-44(50-45)47(3,39-20-8-5-9-21-39)43-23-13-15-27-49-43;1-30-26-31(28-34(27-30)43(2,32-16-6-4-7-17-32)38-22-12-14-24-45-38)41-42-36(35-20-10-11-21-37(35)48-42)29-40(47-41)44(3,33-18-8-5-9-19-33)39-23-13-15-25-46-39;1-42(31-17-5-3-6-18-31,37-24-11-13-26-44-37)33-21-15-16-30(28-33)40-41-35(34-22-9-10-23-36(34)47-41)29-39(46-40)43(2,32-19-7-4-8-20-32)38-25-12-14-27-45-38;;;/h4-9,12-15,18,20,22-30,32,34H,10-11,16-17H2,1-3H3;4-16,18,20-27,29H,1-3H3;3-17,19,21-27,29H,1-2H3;;;/q3*-3;3*+3/t46?,47-;43?,44-;42?,43-;;;/m111.../s1. The summed E-state index contributed by atoms with van der Waals surface area (Å²) in [6.45, 7) is 17.6. The van der Waals surface area contributed by atoms with Crippen LogP contribution in [0.2, 0.25) is 0 Å². The quantitative estimate of drug-likeness (QED) is 0.0612. The predicted molar refractivity (Wildman–Crippen MR) is 590 cm³/mol. The molecular formula is C134H102Ir3N9S2. The van der Waals surface area contributed by atoms with E-state index in [0.29, 0.717) is 5.92 Å². The molecule has 6 atom stereocenters. The van der Waals surface area contributed by atoms with Gasteiger partial charge in [-0.3, -0.25) is 44.9 Å². The van der Waals surface area contributed by atoms with Gasteiger partial charge in [-0.15, -0.1) is 161 Å². The molecule has 0 amide bonds. The van der Waals surface area contributed by atoms with E-state index >= 15 is 0 Å². The fourth-order valence-corrected chi connectivity index (χ4v) is 23.7. The maximum Gasteiger partial charge on any atom is 3.00 e. The molecule has 24 rings (SSSR count). The number of fused-ring (bicyclic) bond motifs is 7. The summed E-state index contributed by atoms with van der Waals surface area (Å²) in [5.41, 5.74) is 23.1. The predicted octanol–water partition coefficient (Wildman–Crippen LogP) is 31.1. The van der Waals surface area contributed by atoms with Crippen molar-refractivity contribution in [2.75, 3.05) is 0 Å². The number of hydrogen-bond acceptors (Lipinski definition) is 11. The van der Waals surface area contributed by atoms with Gasteiger partial charge >= 0.3 is 60.3 Å². The maximum atomic E-state index is 5.62. The molecule has 0 spiro atoms. The summed E-state index contributed by atoms with van der Waals surface area (Å²) in [5, 5.41) is 7.09. The number of aryl methyl sites for hydroxylation is 2. The van der Waals surface area contributed by atoms with Crippen molar-refractivity contribution in [1.29, 1.82) is 0 Å². The average molecular weight is 2480 g/mol. The van der Waals surface area contributed by atoms with Gasteiger partial charge in [0.05, 0.1) is 50.4 Å². The molecular weight excluding hydrogens is 2380 g/mol. The normalized spacial score (nSPS) is 14.4. The van der Waals surface area contributed by atoms with E-state index in [2.05, 4.69) is 359 Å². The molecule has 0 N–H and O–H groups in total. The smallest absolute Gasteiger partial charge is 0.299 e. The second-order valence-electron chi connectivity index (χ2n) is 38.6. The Morgan fingerprint density at radius 3 is 0.905 bits per heavy atom. The molecule has 14 heteroatoms. The van der Waals surface area contributed by atoms with Gasteiger partial charge in [0.1, 0.15) is 0 Å². The van der Waals surface area contributed by atoms with Crippen LogP contribution in [0.1, 0.15) is 191 Å². The number of pyridine rings is 9. The summed E-state index contributed by atoms with van der Waals surface area (Å²) >= 11 is 3.56. The molecule has 1 saturated carbocycles.